The summed E-state index contributed by atoms with van der Waals surface area (Å²) in [4.78, 5) is 13.2. The van der Waals surface area contributed by atoms with Gasteiger partial charge in [0, 0.05) is 29.6 Å². The van der Waals surface area contributed by atoms with Crippen LogP contribution in [0.1, 0.15) is 18.7 Å². The number of carbonyl (C=O) groups is 1. The fourth-order valence-electron chi connectivity index (χ4n) is 2.39. The van der Waals surface area contributed by atoms with Crippen molar-refractivity contribution in [2.45, 2.75) is 24.2 Å². The minimum absolute atomic E-state index is 0.0251. The first kappa shape index (κ1) is 15.6. The van der Waals surface area contributed by atoms with E-state index in [0.29, 0.717) is 6.42 Å². The number of hydrogen-bond donors (Lipinski definition) is 1. The van der Waals surface area contributed by atoms with Crippen LogP contribution in [0.2, 0.25) is 0 Å². The number of pyridine rings is 1. The largest absolute Gasteiger partial charge is 0.326 e. The molecule has 23 heavy (non-hydrogen) atoms. The van der Waals surface area contributed by atoms with Crippen molar-refractivity contribution in [2.24, 2.45) is 0 Å². The molecule has 0 unspecified atom stereocenters. The number of aryl methyl sites for hydroxylation is 1. The molecular formula is C17H18N4OS. The molecule has 0 radical (unpaired) electrons. The monoisotopic (exact) mass is 326 g/mol. The van der Waals surface area contributed by atoms with Crippen LogP contribution in [0.3, 0.4) is 0 Å². The van der Waals surface area contributed by atoms with E-state index in [1.807, 2.05) is 59.3 Å². The molecule has 3 aromatic rings. The summed E-state index contributed by atoms with van der Waals surface area (Å²) >= 11 is 1.66. The second-order valence-corrected chi connectivity index (χ2v) is 6.06. The maximum absolute atomic E-state index is 12.0. The molecule has 3 rings (SSSR count). The molecule has 118 valence electrons. The van der Waals surface area contributed by atoms with Gasteiger partial charge in [-0.05, 0) is 43.0 Å². The van der Waals surface area contributed by atoms with Crippen LogP contribution in [0, 0.1) is 0 Å². The van der Waals surface area contributed by atoms with Crippen molar-refractivity contribution in [1.29, 1.82) is 0 Å². The molecule has 0 spiro atoms. The Balaban J connectivity index is 1.53. The van der Waals surface area contributed by atoms with Gasteiger partial charge in [0.2, 0.25) is 5.91 Å². The predicted octanol–water partition coefficient (Wildman–Crippen LogP) is 3.41. The van der Waals surface area contributed by atoms with Gasteiger partial charge in [-0.25, -0.2) is 0 Å². The number of amides is 1. The Kier molecular flexibility index (Phi) is 4.92. The highest BCUT2D eigenvalue weighted by Gasteiger charge is 2.07. The van der Waals surface area contributed by atoms with E-state index < -0.39 is 0 Å². The average molecular weight is 326 g/mol. The molecule has 2 aromatic heterocycles. The van der Waals surface area contributed by atoms with E-state index >= 15 is 0 Å². The van der Waals surface area contributed by atoms with E-state index in [4.69, 9.17) is 0 Å². The number of rotatable bonds is 6. The van der Waals surface area contributed by atoms with Gasteiger partial charge < -0.3 is 5.32 Å². The number of fused-ring (bicyclic) bond motifs is 1. The Bertz CT molecular complexity index is 815. The number of nitrogens with one attached hydrogen (secondary N) is 1. The van der Waals surface area contributed by atoms with Crippen LogP contribution in [0.15, 0.2) is 53.6 Å². The highest BCUT2D eigenvalue weighted by Crippen LogP contribution is 2.19. The van der Waals surface area contributed by atoms with Gasteiger partial charge >= 0.3 is 0 Å². The molecule has 0 atom stereocenters. The van der Waals surface area contributed by atoms with Crippen LogP contribution in [0.25, 0.3) is 5.65 Å². The zero-order valence-corrected chi connectivity index (χ0v) is 13.7. The Morgan fingerprint density at radius 1 is 1.22 bits per heavy atom. The summed E-state index contributed by atoms with van der Waals surface area (Å²) in [7, 11) is 0. The normalized spacial score (nSPS) is 10.8. The first-order valence-corrected chi connectivity index (χ1v) is 8.71. The fourth-order valence-corrected chi connectivity index (χ4v) is 2.85. The Morgan fingerprint density at radius 3 is 3.00 bits per heavy atom. The molecule has 0 aliphatic heterocycles. The molecular weight excluding hydrogens is 308 g/mol. The summed E-state index contributed by atoms with van der Waals surface area (Å²) in [6.45, 7) is 0. The minimum atomic E-state index is 0.0251. The van der Waals surface area contributed by atoms with E-state index in [9.17, 15) is 4.79 Å². The smallest absolute Gasteiger partial charge is 0.224 e. The van der Waals surface area contributed by atoms with Crippen molar-refractivity contribution >= 4 is 29.0 Å². The molecule has 0 aliphatic rings. The fraction of sp³-hybridized carbons (Fsp3) is 0.235. The van der Waals surface area contributed by atoms with Gasteiger partial charge in [0.15, 0.2) is 5.65 Å². The zero-order valence-electron chi connectivity index (χ0n) is 12.9. The number of carbonyl (C=O) groups excluding carboxylic acids is 1. The van der Waals surface area contributed by atoms with Gasteiger partial charge in [0.1, 0.15) is 5.82 Å². The summed E-state index contributed by atoms with van der Waals surface area (Å²) in [5, 5.41) is 11.2. The van der Waals surface area contributed by atoms with Gasteiger partial charge in [-0.2, -0.15) is 0 Å². The molecule has 1 amide bonds. The van der Waals surface area contributed by atoms with Gasteiger partial charge in [-0.15, -0.1) is 22.0 Å². The predicted molar refractivity (Wildman–Crippen MR) is 92.8 cm³/mol. The van der Waals surface area contributed by atoms with E-state index in [0.717, 1.165) is 34.9 Å². The number of nitrogens with zero attached hydrogens (tertiary/aromatic N) is 3. The van der Waals surface area contributed by atoms with Gasteiger partial charge in [0.05, 0.1) is 0 Å². The second-order valence-electron chi connectivity index (χ2n) is 5.18. The molecule has 0 saturated carbocycles. The van der Waals surface area contributed by atoms with Crippen LogP contribution >= 0.6 is 11.8 Å². The Morgan fingerprint density at radius 2 is 2.13 bits per heavy atom. The van der Waals surface area contributed by atoms with Gasteiger partial charge in [-0.1, -0.05) is 12.1 Å². The number of hydrogen-bond acceptors (Lipinski definition) is 4. The first-order valence-electron chi connectivity index (χ1n) is 7.49. The SMILES string of the molecule is CSc1cccc(NC(=O)CCCc2nnc3ccccn23)c1. The second kappa shape index (κ2) is 7.28. The van der Waals surface area contributed by atoms with Crippen molar-refractivity contribution in [2.75, 3.05) is 11.6 Å². The van der Waals surface area contributed by atoms with Crippen molar-refractivity contribution in [1.82, 2.24) is 14.6 Å². The van der Waals surface area contributed by atoms with E-state index in [-0.39, 0.29) is 5.91 Å². The molecule has 6 heteroatoms. The molecule has 5 nitrogen and oxygen atoms in total. The Hall–Kier alpha value is -2.34. The topological polar surface area (TPSA) is 59.3 Å². The molecule has 2 heterocycles. The Labute approximate surface area is 139 Å². The lowest BCUT2D eigenvalue weighted by Crippen LogP contribution is -2.11. The highest BCUT2D eigenvalue weighted by atomic mass is 32.2. The van der Waals surface area contributed by atoms with Crippen LogP contribution in [-0.2, 0) is 11.2 Å². The molecule has 0 bridgehead atoms. The summed E-state index contributed by atoms with van der Waals surface area (Å²) < 4.78 is 1.96. The summed E-state index contributed by atoms with van der Waals surface area (Å²) in [6.07, 6.45) is 5.89. The minimum Gasteiger partial charge on any atom is -0.326 e. The van der Waals surface area contributed by atoms with Crippen LogP contribution in [-0.4, -0.2) is 26.8 Å². The number of benzene rings is 1. The average Bonchev–Trinajstić information content (AvgIpc) is 2.98. The van der Waals surface area contributed by atoms with Crippen LogP contribution in [0.4, 0.5) is 5.69 Å². The first-order chi connectivity index (χ1) is 11.3. The van der Waals surface area contributed by atoms with Crippen LogP contribution in [0.5, 0.6) is 0 Å². The van der Waals surface area contributed by atoms with Crippen molar-refractivity contribution < 1.29 is 4.79 Å². The third kappa shape index (κ3) is 3.90. The third-order valence-corrected chi connectivity index (χ3v) is 4.27. The summed E-state index contributed by atoms with van der Waals surface area (Å²) in [5.41, 5.74) is 1.68. The molecule has 0 fully saturated rings. The van der Waals surface area contributed by atoms with Crippen molar-refractivity contribution in [3.05, 3.63) is 54.5 Å². The molecule has 0 aliphatic carbocycles. The van der Waals surface area contributed by atoms with Crippen molar-refractivity contribution in [3.8, 4) is 0 Å². The van der Waals surface area contributed by atoms with Gasteiger partial charge in [-0.3, -0.25) is 9.20 Å². The zero-order chi connectivity index (χ0) is 16.1. The summed E-state index contributed by atoms with van der Waals surface area (Å²) in [6, 6.07) is 13.7. The maximum atomic E-state index is 12.0. The lowest BCUT2D eigenvalue weighted by molar-refractivity contribution is -0.116. The maximum Gasteiger partial charge on any atom is 0.224 e. The van der Waals surface area contributed by atoms with Crippen LogP contribution < -0.4 is 5.32 Å². The third-order valence-electron chi connectivity index (χ3n) is 3.54. The molecule has 1 N–H and O–H groups in total. The quantitative estimate of drug-likeness (QED) is 0.705. The number of aromatic nitrogens is 3. The highest BCUT2D eigenvalue weighted by molar-refractivity contribution is 7.98. The number of anilines is 1. The van der Waals surface area contributed by atoms with E-state index in [2.05, 4.69) is 15.5 Å². The summed E-state index contributed by atoms with van der Waals surface area (Å²) in [5.74, 6) is 0.912. The lowest BCUT2D eigenvalue weighted by atomic mass is 10.2. The number of thioether (sulfide) groups is 1. The van der Waals surface area contributed by atoms with E-state index in [1.165, 1.54) is 0 Å². The van der Waals surface area contributed by atoms with Gasteiger partial charge in [0.25, 0.3) is 0 Å². The van der Waals surface area contributed by atoms with Crippen molar-refractivity contribution in [3.63, 3.8) is 0 Å². The lowest BCUT2D eigenvalue weighted by Gasteiger charge is -2.06. The molecule has 0 saturated heterocycles. The van der Waals surface area contributed by atoms with E-state index in [1.54, 1.807) is 11.8 Å². The molecule has 1 aromatic carbocycles. The standard InChI is InChI=1S/C17H18N4OS/c1-23-14-7-4-6-13(12-14)18-17(22)10-5-9-16-20-19-15-8-2-3-11-21(15)16/h2-4,6-8,11-12H,5,9-10H2,1H3,(H,18,22).